The van der Waals surface area contributed by atoms with Crippen LogP contribution in [0.1, 0.15) is 34.4 Å². The minimum absolute atomic E-state index is 0.0247. The maximum atomic E-state index is 11.9. The van der Waals surface area contributed by atoms with Gasteiger partial charge in [0, 0.05) is 12.1 Å². The van der Waals surface area contributed by atoms with Crippen LogP contribution < -0.4 is 14.9 Å². The van der Waals surface area contributed by atoms with Crippen molar-refractivity contribution in [2.45, 2.75) is 20.5 Å². The maximum Gasteiger partial charge on any atom is 0.307 e. The fourth-order valence-corrected chi connectivity index (χ4v) is 2.64. The van der Waals surface area contributed by atoms with Crippen LogP contribution in [0.2, 0.25) is 0 Å². The number of benzene rings is 2. The summed E-state index contributed by atoms with van der Waals surface area (Å²) < 4.78 is 16.7. The molecule has 0 atom stereocenters. The zero-order valence-electron chi connectivity index (χ0n) is 17.0. The number of ether oxygens (including phenoxy) is 2. The molecule has 1 aromatic heterocycles. The van der Waals surface area contributed by atoms with Crippen molar-refractivity contribution < 1.29 is 23.6 Å². The Bertz CT molecular complexity index is 1090. The zero-order valence-corrected chi connectivity index (χ0v) is 17.0. The van der Waals surface area contributed by atoms with Crippen LogP contribution in [0.5, 0.6) is 11.5 Å². The Hall–Kier alpha value is -4.14. The lowest BCUT2D eigenvalue weighted by molar-refractivity contribution is -0.384. The van der Waals surface area contributed by atoms with E-state index in [1.807, 2.05) is 6.92 Å². The first-order valence-electron chi connectivity index (χ1n) is 9.49. The number of nitro groups is 1. The molecule has 3 rings (SSSR count). The molecule has 0 fully saturated rings. The lowest BCUT2D eigenvalue weighted by Gasteiger charge is -2.12. The van der Waals surface area contributed by atoms with Gasteiger partial charge in [0.05, 0.1) is 17.7 Å². The minimum Gasteiger partial charge on any atom is -0.490 e. The van der Waals surface area contributed by atoms with E-state index in [1.165, 1.54) is 18.3 Å². The summed E-state index contributed by atoms with van der Waals surface area (Å²) >= 11 is 0. The van der Waals surface area contributed by atoms with E-state index in [0.717, 1.165) is 5.56 Å². The van der Waals surface area contributed by atoms with Gasteiger partial charge in [-0.05, 0) is 67.4 Å². The van der Waals surface area contributed by atoms with Gasteiger partial charge in [-0.25, -0.2) is 5.43 Å². The molecule has 0 saturated carbocycles. The number of aryl methyl sites for hydroxylation is 1. The van der Waals surface area contributed by atoms with Gasteiger partial charge in [0.1, 0.15) is 12.4 Å². The summed E-state index contributed by atoms with van der Waals surface area (Å²) in [5.74, 6) is 1.41. The molecular weight excluding hydrogens is 402 g/mol. The molecule has 0 unspecified atom stereocenters. The van der Waals surface area contributed by atoms with E-state index in [0.29, 0.717) is 29.4 Å². The third-order valence-electron chi connectivity index (χ3n) is 4.15. The standard InChI is InChI=1S/C22H21N3O6/c1-3-29-21-12-17(13-23-24-22(26)20-10-4-15(2)31-20)7-11-19(21)30-14-16-5-8-18(9-6-16)25(27)28/h4-13H,3,14H2,1-2H3,(H,24,26)/b23-13+. The highest BCUT2D eigenvalue weighted by Crippen LogP contribution is 2.29. The van der Waals surface area contributed by atoms with Crippen LogP contribution in [0, 0.1) is 17.0 Å². The fourth-order valence-electron chi connectivity index (χ4n) is 2.64. The van der Waals surface area contributed by atoms with Crippen LogP contribution >= 0.6 is 0 Å². The summed E-state index contributed by atoms with van der Waals surface area (Å²) in [5, 5.41) is 14.7. The van der Waals surface area contributed by atoms with Gasteiger partial charge in [0.25, 0.3) is 5.69 Å². The number of rotatable bonds is 9. The number of furan rings is 1. The number of nitrogens with one attached hydrogen (secondary N) is 1. The average molecular weight is 423 g/mol. The fraction of sp³-hybridized carbons (Fsp3) is 0.182. The summed E-state index contributed by atoms with van der Waals surface area (Å²) in [4.78, 5) is 22.2. The van der Waals surface area contributed by atoms with E-state index in [-0.39, 0.29) is 18.1 Å². The predicted octanol–water partition coefficient (Wildman–Crippen LogP) is 4.24. The minimum atomic E-state index is -0.448. The number of hydrazone groups is 1. The number of carbonyl (C=O) groups is 1. The zero-order chi connectivity index (χ0) is 22.2. The highest BCUT2D eigenvalue weighted by Gasteiger charge is 2.10. The summed E-state index contributed by atoms with van der Waals surface area (Å²) in [6, 6.07) is 14.6. The van der Waals surface area contributed by atoms with Gasteiger partial charge in [0.15, 0.2) is 17.3 Å². The molecule has 9 nitrogen and oxygen atoms in total. The Kier molecular flexibility index (Phi) is 7.00. The predicted molar refractivity (Wildman–Crippen MR) is 114 cm³/mol. The second-order valence-electron chi connectivity index (χ2n) is 6.46. The molecule has 160 valence electrons. The molecule has 1 amide bonds. The van der Waals surface area contributed by atoms with Crippen LogP contribution in [-0.4, -0.2) is 23.7 Å². The summed E-state index contributed by atoms with van der Waals surface area (Å²) in [6.45, 7) is 4.26. The number of nitrogens with zero attached hydrogens (tertiary/aromatic N) is 2. The van der Waals surface area contributed by atoms with Gasteiger partial charge >= 0.3 is 5.91 Å². The Balaban J connectivity index is 1.64. The van der Waals surface area contributed by atoms with Crippen LogP contribution in [0.3, 0.4) is 0 Å². The van der Waals surface area contributed by atoms with Gasteiger partial charge in [-0.2, -0.15) is 5.10 Å². The van der Waals surface area contributed by atoms with Crippen LogP contribution in [-0.2, 0) is 6.61 Å². The quantitative estimate of drug-likeness (QED) is 0.313. The number of hydrogen-bond donors (Lipinski definition) is 1. The largest absolute Gasteiger partial charge is 0.490 e. The Morgan fingerprint density at radius 2 is 1.90 bits per heavy atom. The topological polar surface area (TPSA) is 116 Å². The number of nitro benzene ring substituents is 1. The second kappa shape index (κ2) is 10.1. The molecule has 1 N–H and O–H groups in total. The first-order chi connectivity index (χ1) is 15.0. The molecular formula is C22H21N3O6. The van der Waals surface area contributed by atoms with Crippen LogP contribution in [0.4, 0.5) is 5.69 Å². The molecule has 0 radical (unpaired) electrons. The van der Waals surface area contributed by atoms with Crippen molar-refractivity contribution in [1.29, 1.82) is 0 Å². The molecule has 0 aliphatic rings. The highest BCUT2D eigenvalue weighted by atomic mass is 16.6. The van der Waals surface area contributed by atoms with E-state index in [1.54, 1.807) is 49.4 Å². The molecule has 0 bridgehead atoms. The maximum absolute atomic E-state index is 11.9. The van der Waals surface area contributed by atoms with Gasteiger partial charge < -0.3 is 13.9 Å². The van der Waals surface area contributed by atoms with E-state index < -0.39 is 10.8 Å². The molecule has 9 heteroatoms. The monoisotopic (exact) mass is 423 g/mol. The van der Waals surface area contributed by atoms with E-state index in [9.17, 15) is 14.9 Å². The summed E-state index contributed by atoms with van der Waals surface area (Å²) in [6.07, 6.45) is 1.48. The summed E-state index contributed by atoms with van der Waals surface area (Å²) in [7, 11) is 0. The van der Waals surface area contributed by atoms with E-state index in [4.69, 9.17) is 13.9 Å². The van der Waals surface area contributed by atoms with Gasteiger partial charge in [-0.15, -0.1) is 0 Å². The van der Waals surface area contributed by atoms with Crippen molar-refractivity contribution >= 4 is 17.8 Å². The van der Waals surface area contributed by atoms with Crippen molar-refractivity contribution in [1.82, 2.24) is 5.43 Å². The first-order valence-corrected chi connectivity index (χ1v) is 9.49. The van der Waals surface area contributed by atoms with Gasteiger partial charge in [-0.1, -0.05) is 0 Å². The molecule has 2 aromatic carbocycles. The van der Waals surface area contributed by atoms with Crippen molar-refractivity contribution in [3.8, 4) is 11.5 Å². The van der Waals surface area contributed by atoms with Gasteiger partial charge in [-0.3, -0.25) is 14.9 Å². The molecule has 0 aliphatic carbocycles. The average Bonchev–Trinajstić information content (AvgIpc) is 3.20. The van der Waals surface area contributed by atoms with Crippen LogP contribution in [0.25, 0.3) is 0 Å². The lowest BCUT2D eigenvalue weighted by Crippen LogP contribution is -2.16. The van der Waals surface area contributed by atoms with E-state index >= 15 is 0 Å². The first kappa shape index (κ1) is 21.6. The third-order valence-corrected chi connectivity index (χ3v) is 4.15. The number of amides is 1. The summed E-state index contributed by atoms with van der Waals surface area (Å²) in [5.41, 5.74) is 3.91. The second-order valence-corrected chi connectivity index (χ2v) is 6.46. The van der Waals surface area contributed by atoms with Crippen molar-refractivity contribution in [3.05, 3.63) is 87.4 Å². The number of hydrogen-bond acceptors (Lipinski definition) is 7. The molecule has 0 saturated heterocycles. The number of non-ortho nitro benzene ring substituents is 1. The Morgan fingerprint density at radius 1 is 1.13 bits per heavy atom. The normalized spacial score (nSPS) is 10.8. The number of carbonyl (C=O) groups excluding carboxylic acids is 1. The van der Waals surface area contributed by atoms with Crippen molar-refractivity contribution in [2.24, 2.45) is 5.10 Å². The smallest absolute Gasteiger partial charge is 0.307 e. The molecule has 0 spiro atoms. The highest BCUT2D eigenvalue weighted by molar-refractivity contribution is 5.92. The molecule has 3 aromatic rings. The molecule has 1 heterocycles. The lowest BCUT2D eigenvalue weighted by atomic mass is 10.2. The van der Waals surface area contributed by atoms with Crippen molar-refractivity contribution in [3.63, 3.8) is 0 Å². The Morgan fingerprint density at radius 3 is 2.55 bits per heavy atom. The Labute approximate surface area is 178 Å². The van der Waals surface area contributed by atoms with E-state index in [2.05, 4.69) is 10.5 Å². The van der Waals surface area contributed by atoms with Crippen molar-refractivity contribution in [2.75, 3.05) is 6.61 Å². The third kappa shape index (κ3) is 5.92. The molecule has 0 aliphatic heterocycles. The van der Waals surface area contributed by atoms with Crippen LogP contribution in [0.15, 0.2) is 64.1 Å². The van der Waals surface area contributed by atoms with Gasteiger partial charge in [0.2, 0.25) is 0 Å². The SMILES string of the molecule is CCOc1cc(/C=N/NC(=O)c2ccc(C)o2)ccc1OCc1ccc([N+](=O)[O-])cc1. The molecule has 31 heavy (non-hydrogen) atoms.